The van der Waals surface area contributed by atoms with Crippen molar-refractivity contribution in [2.24, 2.45) is 0 Å². The molecule has 0 bridgehead atoms. The minimum atomic E-state index is -1.62. The summed E-state index contributed by atoms with van der Waals surface area (Å²) < 4.78 is 22.7. The number of ether oxygens (including phenoxy) is 4. The SMILES string of the molecule is CC/C=C\C/C=C\C/C=C\C/C=C\C/C=C\C/C=C\C/C=C\CCCCCCCCCCCCCCCC(=O)OC(COC(=O)CCCCCCCCCCCCCCCCCCC)COC(OCC[N+](C)(C)C)C(=O)[O-]. The number of nitrogens with zero attached hydrogens (tertiary/aromatic N) is 1. The largest absolute Gasteiger partial charge is 0.545 e. The number of quaternary nitrogens is 1. The minimum Gasteiger partial charge on any atom is -0.545 e. The number of carbonyl (C=O) groups excluding carboxylic acids is 3. The third-order valence-corrected chi connectivity index (χ3v) is 13.7. The van der Waals surface area contributed by atoms with E-state index in [1.807, 2.05) is 21.1 Å². The number of esters is 2. The highest BCUT2D eigenvalue weighted by molar-refractivity contribution is 5.70. The van der Waals surface area contributed by atoms with Crippen LogP contribution in [0, 0.1) is 0 Å². The molecule has 2 unspecified atom stereocenters. The van der Waals surface area contributed by atoms with Gasteiger partial charge in [0.05, 0.1) is 40.3 Å². The van der Waals surface area contributed by atoms with Crippen LogP contribution in [0.4, 0.5) is 0 Å². The predicted molar refractivity (Wildman–Crippen MR) is 324 cm³/mol. The maximum Gasteiger partial charge on any atom is 0.306 e. The fourth-order valence-electron chi connectivity index (χ4n) is 8.81. The Hall–Kier alpha value is -3.53. The van der Waals surface area contributed by atoms with Crippen molar-refractivity contribution in [3.05, 3.63) is 85.1 Å². The molecule has 9 nitrogen and oxygen atoms in total. The number of hydrogen-bond donors (Lipinski definition) is 0. The van der Waals surface area contributed by atoms with Gasteiger partial charge in [-0.05, 0) is 70.6 Å². The average molecular weight is 1080 g/mol. The molecule has 0 aliphatic rings. The third-order valence-electron chi connectivity index (χ3n) is 13.7. The van der Waals surface area contributed by atoms with Gasteiger partial charge in [-0.1, -0.05) is 272 Å². The monoisotopic (exact) mass is 1080 g/mol. The summed E-state index contributed by atoms with van der Waals surface area (Å²) in [4.78, 5) is 37.3. The quantitative estimate of drug-likeness (QED) is 0.0195. The highest BCUT2D eigenvalue weighted by Crippen LogP contribution is 2.17. The zero-order chi connectivity index (χ0) is 56.2. The summed E-state index contributed by atoms with van der Waals surface area (Å²) in [5, 5.41) is 11.8. The average Bonchev–Trinajstić information content (AvgIpc) is 3.40. The molecule has 2 atom stereocenters. The molecule has 444 valence electrons. The Morgan fingerprint density at radius 3 is 1.10 bits per heavy atom. The maximum absolute atomic E-state index is 12.9. The highest BCUT2D eigenvalue weighted by Gasteiger charge is 2.22. The molecule has 0 saturated heterocycles. The van der Waals surface area contributed by atoms with E-state index in [-0.39, 0.29) is 32.2 Å². The standard InChI is InChI=1S/C68H119NO8/c1-6-8-10-12-14-16-18-20-22-24-25-26-27-28-29-30-31-32-33-34-35-36-37-38-39-40-41-43-45-47-49-51-53-55-57-59-66(71)77-64(63-76-68(67(72)73)74-61-60-69(3,4)5)62-75-65(70)58-56-54-52-50-48-46-44-42-23-21-19-17-15-13-11-9-7-2/h8,10,14,16,20,22,25-26,28-29,31-32,34-35,64,68H,6-7,9,11-13,15,17-19,21,23-24,27,30,33,36-63H2,1-5H3/b10-8-,16-14-,22-20-,26-25-,29-28-,32-31-,35-34-. The van der Waals surface area contributed by atoms with E-state index in [1.54, 1.807) is 0 Å². The van der Waals surface area contributed by atoms with Crippen LogP contribution in [0.25, 0.3) is 0 Å². The van der Waals surface area contributed by atoms with Crippen LogP contribution in [0.5, 0.6) is 0 Å². The van der Waals surface area contributed by atoms with Gasteiger partial charge in [-0.25, -0.2) is 0 Å². The Balaban J connectivity index is 4.13. The summed E-state index contributed by atoms with van der Waals surface area (Å²) in [6.45, 7) is 4.66. The van der Waals surface area contributed by atoms with E-state index >= 15 is 0 Å². The van der Waals surface area contributed by atoms with Crippen molar-refractivity contribution >= 4 is 17.9 Å². The highest BCUT2D eigenvalue weighted by atomic mass is 16.7. The molecule has 0 saturated carbocycles. The van der Waals surface area contributed by atoms with Gasteiger partial charge < -0.3 is 33.3 Å². The molecule has 0 aliphatic heterocycles. The summed E-state index contributed by atoms with van der Waals surface area (Å²) in [5.41, 5.74) is 0. The molecule has 0 N–H and O–H groups in total. The van der Waals surface area contributed by atoms with Crippen molar-refractivity contribution in [1.29, 1.82) is 0 Å². The van der Waals surface area contributed by atoms with Crippen LogP contribution in [0.2, 0.25) is 0 Å². The van der Waals surface area contributed by atoms with Crippen LogP contribution < -0.4 is 5.11 Å². The lowest BCUT2D eigenvalue weighted by molar-refractivity contribution is -0.870. The number of carboxylic acid groups (broad SMARTS) is 1. The molecular weight excluding hydrogens is 959 g/mol. The van der Waals surface area contributed by atoms with Gasteiger partial charge in [0.2, 0.25) is 0 Å². The molecule has 0 aromatic rings. The number of likely N-dealkylation sites (N-methyl/N-ethyl adjacent to an activating group) is 1. The number of aliphatic carboxylic acids is 1. The molecule has 0 spiro atoms. The Morgan fingerprint density at radius 2 is 0.740 bits per heavy atom. The van der Waals surface area contributed by atoms with E-state index in [0.29, 0.717) is 23.9 Å². The van der Waals surface area contributed by atoms with Crippen LogP contribution in [-0.2, 0) is 33.3 Å². The lowest BCUT2D eigenvalue weighted by Crippen LogP contribution is -2.44. The van der Waals surface area contributed by atoms with Crippen molar-refractivity contribution < 1.29 is 42.9 Å². The smallest absolute Gasteiger partial charge is 0.306 e. The van der Waals surface area contributed by atoms with Gasteiger partial charge in [0.25, 0.3) is 0 Å². The molecule has 0 aliphatic carbocycles. The van der Waals surface area contributed by atoms with Crippen LogP contribution in [-0.4, -0.2) is 82.3 Å². The number of rotatable bonds is 58. The summed E-state index contributed by atoms with van der Waals surface area (Å²) >= 11 is 0. The maximum atomic E-state index is 12.9. The van der Waals surface area contributed by atoms with Crippen molar-refractivity contribution in [2.45, 2.75) is 283 Å². The van der Waals surface area contributed by atoms with E-state index in [2.05, 4.69) is 98.9 Å². The second kappa shape index (κ2) is 58.6. The fraction of sp³-hybridized carbons (Fsp3) is 0.750. The lowest BCUT2D eigenvalue weighted by atomic mass is 10.0. The van der Waals surface area contributed by atoms with Gasteiger partial charge in [0.1, 0.15) is 13.2 Å². The van der Waals surface area contributed by atoms with Gasteiger partial charge in [0.15, 0.2) is 12.4 Å². The molecular formula is C68H119NO8. The number of carbonyl (C=O) groups is 3. The van der Waals surface area contributed by atoms with Crippen LogP contribution in [0.15, 0.2) is 85.1 Å². The van der Waals surface area contributed by atoms with E-state index in [0.717, 1.165) is 83.5 Å². The number of hydrogen-bond acceptors (Lipinski definition) is 8. The second-order valence-corrected chi connectivity index (χ2v) is 22.3. The first-order valence-electron chi connectivity index (χ1n) is 31.7. The minimum absolute atomic E-state index is 0.147. The van der Waals surface area contributed by atoms with Gasteiger partial charge in [-0.3, -0.25) is 9.59 Å². The van der Waals surface area contributed by atoms with Crippen LogP contribution >= 0.6 is 0 Å². The molecule has 0 amide bonds. The second-order valence-electron chi connectivity index (χ2n) is 22.3. The first-order valence-corrected chi connectivity index (χ1v) is 31.7. The predicted octanol–water partition coefficient (Wildman–Crippen LogP) is 17.8. The Labute approximate surface area is 474 Å². The first-order chi connectivity index (χ1) is 37.6. The molecule has 0 radical (unpaired) electrons. The molecule has 0 fully saturated rings. The van der Waals surface area contributed by atoms with Gasteiger partial charge in [0, 0.05) is 12.8 Å². The molecule has 0 heterocycles. The third kappa shape index (κ3) is 60.0. The molecule has 0 rings (SSSR count). The molecule has 0 aromatic heterocycles. The van der Waals surface area contributed by atoms with E-state index in [9.17, 15) is 19.5 Å². The Bertz CT molecular complexity index is 1540. The number of carboxylic acids is 1. The summed E-state index contributed by atoms with van der Waals surface area (Å²) in [7, 11) is 5.93. The molecule has 9 heteroatoms. The van der Waals surface area contributed by atoms with Gasteiger partial charge in [-0.15, -0.1) is 0 Å². The normalized spacial score (nSPS) is 13.3. The van der Waals surface area contributed by atoms with Crippen LogP contribution in [0.1, 0.15) is 271 Å². The topological polar surface area (TPSA) is 111 Å². The number of unbranched alkanes of at least 4 members (excludes halogenated alkanes) is 29. The first kappa shape index (κ1) is 73.5. The van der Waals surface area contributed by atoms with E-state index < -0.39 is 24.3 Å². The van der Waals surface area contributed by atoms with Crippen LogP contribution in [0.3, 0.4) is 0 Å². The zero-order valence-electron chi connectivity index (χ0n) is 50.6. The molecule has 77 heavy (non-hydrogen) atoms. The summed E-state index contributed by atoms with van der Waals surface area (Å²) in [5.74, 6) is -2.27. The lowest BCUT2D eigenvalue weighted by Gasteiger charge is -2.26. The molecule has 0 aromatic carbocycles. The van der Waals surface area contributed by atoms with Crippen molar-refractivity contribution in [3.8, 4) is 0 Å². The Kier molecular flexibility index (Phi) is 55.9. The summed E-state index contributed by atoms with van der Waals surface area (Å²) in [6.07, 6.45) is 75.0. The van der Waals surface area contributed by atoms with Gasteiger partial charge in [-0.2, -0.15) is 0 Å². The number of allylic oxidation sites excluding steroid dienone is 14. The zero-order valence-corrected chi connectivity index (χ0v) is 50.6. The van der Waals surface area contributed by atoms with Crippen molar-refractivity contribution in [1.82, 2.24) is 0 Å². The van der Waals surface area contributed by atoms with Gasteiger partial charge >= 0.3 is 11.9 Å². The fourth-order valence-corrected chi connectivity index (χ4v) is 8.81. The summed E-state index contributed by atoms with van der Waals surface area (Å²) in [6, 6.07) is 0. The van der Waals surface area contributed by atoms with Crippen molar-refractivity contribution in [2.75, 3.05) is 47.5 Å². The Morgan fingerprint density at radius 1 is 0.403 bits per heavy atom. The van der Waals surface area contributed by atoms with E-state index in [1.165, 1.54) is 154 Å². The van der Waals surface area contributed by atoms with Crippen molar-refractivity contribution in [3.63, 3.8) is 0 Å². The van der Waals surface area contributed by atoms with E-state index in [4.69, 9.17) is 18.9 Å².